The van der Waals surface area contributed by atoms with E-state index in [0.29, 0.717) is 12.0 Å². The van der Waals surface area contributed by atoms with E-state index in [1.807, 2.05) is 0 Å². The van der Waals surface area contributed by atoms with Gasteiger partial charge >= 0.3 is 0 Å². The van der Waals surface area contributed by atoms with Crippen molar-refractivity contribution < 1.29 is 0 Å². The smallest absolute Gasteiger partial charge is 0.203 e. The van der Waals surface area contributed by atoms with Crippen molar-refractivity contribution in [1.29, 1.82) is 0 Å². The molecule has 1 aliphatic carbocycles. The van der Waals surface area contributed by atoms with Gasteiger partial charge in [-0.15, -0.1) is 0 Å². The largest absolute Gasteiger partial charge is 0.352 e. The first kappa shape index (κ1) is 12.3. The Morgan fingerprint density at radius 2 is 2.11 bits per heavy atom. The van der Waals surface area contributed by atoms with Gasteiger partial charge in [0.15, 0.2) is 0 Å². The van der Waals surface area contributed by atoms with Crippen LogP contribution >= 0.6 is 0 Å². The van der Waals surface area contributed by atoms with Gasteiger partial charge in [0, 0.05) is 24.7 Å². The molecule has 1 aliphatic rings. The highest BCUT2D eigenvalue weighted by Gasteiger charge is 2.38. The van der Waals surface area contributed by atoms with Gasteiger partial charge in [-0.25, -0.2) is 4.98 Å². The van der Waals surface area contributed by atoms with Gasteiger partial charge in [0.25, 0.3) is 0 Å². The SMILES string of the molecule is CCCn1cc(C)nc1NC1CC1c1ccccc1. The zero-order valence-electron chi connectivity index (χ0n) is 11.6. The van der Waals surface area contributed by atoms with E-state index < -0.39 is 0 Å². The first-order valence-electron chi connectivity index (χ1n) is 7.13. The molecule has 1 aromatic carbocycles. The van der Waals surface area contributed by atoms with Crippen LogP contribution in [0.4, 0.5) is 5.95 Å². The number of rotatable bonds is 5. The lowest BCUT2D eigenvalue weighted by molar-refractivity contribution is 0.681. The van der Waals surface area contributed by atoms with Gasteiger partial charge < -0.3 is 9.88 Å². The van der Waals surface area contributed by atoms with E-state index in [1.54, 1.807) is 0 Å². The van der Waals surface area contributed by atoms with E-state index in [1.165, 1.54) is 12.0 Å². The van der Waals surface area contributed by atoms with Gasteiger partial charge in [-0.3, -0.25) is 0 Å². The van der Waals surface area contributed by atoms with Crippen LogP contribution in [0.25, 0.3) is 0 Å². The van der Waals surface area contributed by atoms with Crippen molar-refractivity contribution in [2.75, 3.05) is 5.32 Å². The second-order valence-corrected chi connectivity index (χ2v) is 5.40. The lowest BCUT2D eigenvalue weighted by Crippen LogP contribution is -2.10. The number of nitrogens with zero attached hydrogens (tertiary/aromatic N) is 2. The highest BCUT2D eigenvalue weighted by molar-refractivity contribution is 5.38. The maximum Gasteiger partial charge on any atom is 0.203 e. The zero-order chi connectivity index (χ0) is 13.2. The second kappa shape index (κ2) is 5.08. The quantitative estimate of drug-likeness (QED) is 0.885. The van der Waals surface area contributed by atoms with Gasteiger partial charge in [0.2, 0.25) is 5.95 Å². The first-order valence-corrected chi connectivity index (χ1v) is 7.13. The number of hydrogen-bond donors (Lipinski definition) is 1. The van der Waals surface area contributed by atoms with Crippen molar-refractivity contribution in [2.45, 2.75) is 45.2 Å². The number of benzene rings is 1. The molecular formula is C16H21N3. The molecule has 0 amide bonds. The summed E-state index contributed by atoms with van der Waals surface area (Å²) >= 11 is 0. The van der Waals surface area contributed by atoms with E-state index in [9.17, 15) is 0 Å². The Kier molecular flexibility index (Phi) is 3.28. The highest BCUT2D eigenvalue weighted by atomic mass is 15.2. The van der Waals surface area contributed by atoms with Crippen LogP contribution in [-0.4, -0.2) is 15.6 Å². The molecule has 100 valence electrons. The molecule has 1 fully saturated rings. The Bertz CT molecular complexity index is 544. The summed E-state index contributed by atoms with van der Waals surface area (Å²) in [5.74, 6) is 1.68. The highest BCUT2D eigenvalue weighted by Crippen LogP contribution is 2.42. The van der Waals surface area contributed by atoms with Gasteiger partial charge in [-0.05, 0) is 25.3 Å². The Balaban J connectivity index is 1.67. The number of imidazole rings is 1. The third-order valence-electron chi connectivity index (χ3n) is 3.69. The number of anilines is 1. The van der Waals surface area contributed by atoms with Crippen LogP contribution in [-0.2, 0) is 6.54 Å². The fourth-order valence-corrected chi connectivity index (χ4v) is 2.66. The van der Waals surface area contributed by atoms with Crippen molar-refractivity contribution in [3.63, 3.8) is 0 Å². The van der Waals surface area contributed by atoms with Crippen LogP contribution in [0.1, 0.15) is 36.9 Å². The Labute approximate surface area is 114 Å². The molecular weight excluding hydrogens is 234 g/mol. The summed E-state index contributed by atoms with van der Waals surface area (Å²) in [4.78, 5) is 4.59. The number of hydrogen-bond acceptors (Lipinski definition) is 2. The summed E-state index contributed by atoms with van der Waals surface area (Å²) in [5.41, 5.74) is 2.53. The van der Waals surface area contributed by atoms with Crippen LogP contribution in [0.2, 0.25) is 0 Å². The fraction of sp³-hybridized carbons (Fsp3) is 0.438. The molecule has 0 spiro atoms. The molecule has 1 N–H and O–H groups in total. The molecule has 0 radical (unpaired) electrons. The van der Waals surface area contributed by atoms with Crippen LogP contribution < -0.4 is 5.32 Å². The summed E-state index contributed by atoms with van der Waals surface area (Å²) in [6, 6.07) is 11.3. The maximum absolute atomic E-state index is 4.59. The van der Waals surface area contributed by atoms with Gasteiger partial charge in [-0.1, -0.05) is 37.3 Å². The summed E-state index contributed by atoms with van der Waals surface area (Å²) in [5, 5.41) is 3.59. The minimum Gasteiger partial charge on any atom is -0.352 e. The molecule has 0 bridgehead atoms. The summed E-state index contributed by atoms with van der Waals surface area (Å²) < 4.78 is 2.23. The predicted molar refractivity (Wildman–Crippen MR) is 78.5 cm³/mol. The Hall–Kier alpha value is -1.77. The lowest BCUT2D eigenvalue weighted by atomic mass is 10.1. The van der Waals surface area contributed by atoms with Crippen molar-refractivity contribution >= 4 is 5.95 Å². The van der Waals surface area contributed by atoms with Crippen molar-refractivity contribution in [1.82, 2.24) is 9.55 Å². The average Bonchev–Trinajstić information content (AvgIpc) is 3.09. The van der Waals surface area contributed by atoms with Crippen LogP contribution in [0.5, 0.6) is 0 Å². The van der Waals surface area contributed by atoms with E-state index in [0.717, 1.165) is 24.6 Å². The standard InChI is InChI=1S/C16H21N3/c1-3-9-19-11-12(2)17-16(19)18-15-10-14(15)13-7-5-4-6-8-13/h4-8,11,14-15H,3,9-10H2,1-2H3,(H,17,18). The number of aryl methyl sites for hydroxylation is 2. The topological polar surface area (TPSA) is 29.9 Å². The Morgan fingerprint density at radius 3 is 2.84 bits per heavy atom. The van der Waals surface area contributed by atoms with Crippen molar-refractivity contribution in [2.24, 2.45) is 0 Å². The van der Waals surface area contributed by atoms with Crippen molar-refractivity contribution in [3.8, 4) is 0 Å². The van der Waals surface area contributed by atoms with Gasteiger partial charge in [-0.2, -0.15) is 0 Å². The third-order valence-corrected chi connectivity index (χ3v) is 3.69. The van der Waals surface area contributed by atoms with Crippen LogP contribution in [0.3, 0.4) is 0 Å². The summed E-state index contributed by atoms with van der Waals surface area (Å²) in [7, 11) is 0. The number of aromatic nitrogens is 2. The third kappa shape index (κ3) is 2.65. The molecule has 1 heterocycles. The fourth-order valence-electron chi connectivity index (χ4n) is 2.66. The van der Waals surface area contributed by atoms with Crippen LogP contribution in [0.15, 0.2) is 36.5 Å². The molecule has 1 aromatic heterocycles. The molecule has 3 heteroatoms. The Morgan fingerprint density at radius 1 is 1.32 bits per heavy atom. The normalized spacial score (nSPS) is 21.4. The second-order valence-electron chi connectivity index (χ2n) is 5.40. The molecule has 0 aliphatic heterocycles. The van der Waals surface area contributed by atoms with Crippen molar-refractivity contribution in [3.05, 3.63) is 47.8 Å². The molecule has 0 saturated heterocycles. The summed E-state index contributed by atoms with van der Waals surface area (Å²) in [6.07, 6.45) is 4.48. The molecule has 3 rings (SSSR count). The number of nitrogens with one attached hydrogen (secondary N) is 1. The molecule has 2 atom stereocenters. The maximum atomic E-state index is 4.59. The molecule has 1 saturated carbocycles. The van der Waals surface area contributed by atoms with Gasteiger partial charge in [0.05, 0.1) is 5.69 Å². The van der Waals surface area contributed by atoms with E-state index in [-0.39, 0.29) is 0 Å². The van der Waals surface area contributed by atoms with Gasteiger partial charge in [0.1, 0.15) is 0 Å². The lowest BCUT2D eigenvalue weighted by Gasteiger charge is -2.08. The minimum atomic E-state index is 0.541. The van der Waals surface area contributed by atoms with E-state index in [4.69, 9.17) is 0 Å². The predicted octanol–water partition coefficient (Wildman–Crippen LogP) is 3.57. The monoisotopic (exact) mass is 255 g/mol. The van der Waals surface area contributed by atoms with E-state index in [2.05, 4.69) is 65.2 Å². The van der Waals surface area contributed by atoms with E-state index >= 15 is 0 Å². The molecule has 2 aromatic rings. The molecule has 2 unspecified atom stereocenters. The molecule has 3 nitrogen and oxygen atoms in total. The zero-order valence-corrected chi connectivity index (χ0v) is 11.6. The minimum absolute atomic E-state index is 0.541. The molecule has 19 heavy (non-hydrogen) atoms. The van der Waals surface area contributed by atoms with Crippen LogP contribution in [0, 0.1) is 6.92 Å². The summed E-state index contributed by atoms with van der Waals surface area (Å²) in [6.45, 7) is 5.29. The first-order chi connectivity index (χ1) is 9.28. The average molecular weight is 255 g/mol.